The number of nitrogens with zero attached hydrogens (tertiary/aromatic N) is 2. The number of hydrogen-bond donors (Lipinski definition) is 0. The third-order valence-electron chi connectivity index (χ3n) is 5.24. The van der Waals surface area contributed by atoms with Gasteiger partial charge in [-0.25, -0.2) is 4.98 Å². The van der Waals surface area contributed by atoms with Crippen molar-refractivity contribution in [2.75, 3.05) is 0 Å². The van der Waals surface area contributed by atoms with Crippen LogP contribution in [0.1, 0.15) is 38.8 Å². The molecule has 0 saturated carbocycles. The summed E-state index contributed by atoms with van der Waals surface area (Å²) in [4.78, 5) is 5.01. The number of rotatable bonds is 1. The predicted molar refractivity (Wildman–Crippen MR) is 118 cm³/mol. The molecule has 0 spiro atoms. The van der Waals surface area contributed by atoms with E-state index in [1.165, 1.54) is 22.3 Å². The topological polar surface area (TPSA) is 17.8 Å². The van der Waals surface area contributed by atoms with Gasteiger partial charge in [-0.1, -0.05) is 92.2 Å². The molecule has 1 aliphatic heterocycles. The maximum absolute atomic E-state index is 5.01. The van der Waals surface area contributed by atoms with Crippen LogP contribution in [-0.4, -0.2) is 9.55 Å². The number of imidazole rings is 1. The van der Waals surface area contributed by atoms with Gasteiger partial charge in [0.05, 0.1) is 16.7 Å². The van der Waals surface area contributed by atoms with Crippen LogP contribution in [-0.2, 0) is 5.41 Å². The molecule has 0 atom stereocenters. The highest BCUT2D eigenvalue weighted by molar-refractivity contribution is 9.10. The first kappa shape index (κ1) is 18.0. The van der Waals surface area contributed by atoms with Crippen molar-refractivity contribution in [2.24, 2.45) is 0 Å². The number of hydrogen-bond acceptors (Lipinski definition) is 1. The Balaban J connectivity index is 0.000000872. The quantitative estimate of drug-likeness (QED) is 0.321. The second kappa shape index (κ2) is 6.65. The normalized spacial score (nSPS) is 13.7. The highest BCUT2D eigenvalue weighted by Gasteiger charge is 2.35. The molecule has 0 unspecified atom stereocenters. The second-order valence-corrected chi connectivity index (χ2v) is 8.02. The van der Waals surface area contributed by atoms with Gasteiger partial charge in [0, 0.05) is 15.5 Å². The van der Waals surface area contributed by atoms with E-state index in [0.717, 1.165) is 21.4 Å². The van der Waals surface area contributed by atoms with Gasteiger partial charge in [0.1, 0.15) is 5.82 Å². The van der Waals surface area contributed by atoms with Crippen LogP contribution in [0.2, 0.25) is 0 Å². The molecule has 1 aromatic heterocycles. The Morgan fingerprint density at radius 3 is 2.26 bits per heavy atom. The molecular formula is C24H23BrN2. The molecule has 0 bridgehead atoms. The van der Waals surface area contributed by atoms with Gasteiger partial charge in [0.2, 0.25) is 0 Å². The van der Waals surface area contributed by atoms with E-state index in [9.17, 15) is 0 Å². The zero-order chi connectivity index (χ0) is 19.2. The average molecular weight is 419 g/mol. The zero-order valence-electron chi connectivity index (χ0n) is 16.1. The fourth-order valence-corrected chi connectivity index (χ4v) is 4.45. The lowest BCUT2D eigenvalue weighted by Gasteiger charge is -2.34. The summed E-state index contributed by atoms with van der Waals surface area (Å²) in [6.07, 6.45) is 0. The summed E-state index contributed by atoms with van der Waals surface area (Å²) < 4.78 is 3.40. The van der Waals surface area contributed by atoms with Crippen molar-refractivity contribution in [3.05, 3.63) is 82.3 Å². The molecule has 0 fully saturated rings. The Morgan fingerprint density at radius 1 is 0.852 bits per heavy atom. The highest BCUT2D eigenvalue weighted by atomic mass is 79.9. The van der Waals surface area contributed by atoms with Crippen LogP contribution in [0.15, 0.2) is 71.2 Å². The third-order valence-corrected chi connectivity index (χ3v) is 5.70. The maximum Gasteiger partial charge on any atom is 0.145 e. The van der Waals surface area contributed by atoms with E-state index in [4.69, 9.17) is 4.98 Å². The smallest absolute Gasteiger partial charge is 0.145 e. The van der Waals surface area contributed by atoms with Gasteiger partial charge >= 0.3 is 0 Å². The fourth-order valence-electron chi connectivity index (χ4n) is 4.01. The largest absolute Gasteiger partial charge is 0.292 e. The highest BCUT2D eigenvalue weighted by Crippen LogP contribution is 2.46. The van der Waals surface area contributed by atoms with E-state index in [-0.39, 0.29) is 5.41 Å². The molecule has 136 valence electrons. The van der Waals surface area contributed by atoms with E-state index in [0.29, 0.717) is 0 Å². The van der Waals surface area contributed by atoms with Crippen LogP contribution in [0.3, 0.4) is 0 Å². The molecule has 0 saturated heterocycles. The van der Waals surface area contributed by atoms with Crippen LogP contribution in [0.5, 0.6) is 0 Å². The number of benzene rings is 3. The fraction of sp³-hybridized carbons (Fsp3) is 0.208. The van der Waals surface area contributed by atoms with E-state index < -0.39 is 0 Å². The first-order valence-electron chi connectivity index (χ1n) is 9.45. The van der Waals surface area contributed by atoms with E-state index in [2.05, 4.69) is 95.0 Å². The predicted octanol–water partition coefficient (Wildman–Crippen LogP) is 7.12. The molecule has 0 radical (unpaired) electrons. The van der Waals surface area contributed by atoms with E-state index in [1.54, 1.807) is 0 Å². The molecule has 1 aliphatic rings. The molecule has 27 heavy (non-hydrogen) atoms. The van der Waals surface area contributed by atoms with Gasteiger partial charge in [0.25, 0.3) is 0 Å². The summed E-state index contributed by atoms with van der Waals surface area (Å²) >= 11 is 3.68. The van der Waals surface area contributed by atoms with Gasteiger partial charge in [-0.05, 0) is 29.3 Å². The standard InChI is InChI=1S/C22H17BrN2.C2H6/c1-22(2)16-10-6-7-11-19(16)25-20-17(22)12-15(23)13-18(20)24-21(25)14-8-4-3-5-9-14;1-2/h3-13H,1-2H3;1-2H3. The summed E-state index contributed by atoms with van der Waals surface area (Å²) in [6.45, 7) is 8.59. The van der Waals surface area contributed by atoms with Crippen LogP contribution in [0.4, 0.5) is 0 Å². The summed E-state index contributed by atoms with van der Waals surface area (Å²) in [5.74, 6) is 0.998. The van der Waals surface area contributed by atoms with Gasteiger partial charge in [0.15, 0.2) is 0 Å². The van der Waals surface area contributed by atoms with Crippen molar-refractivity contribution in [1.29, 1.82) is 0 Å². The van der Waals surface area contributed by atoms with Crippen molar-refractivity contribution >= 4 is 27.0 Å². The van der Waals surface area contributed by atoms with Crippen molar-refractivity contribution in [2.45, 2.75) is 33.1 Å². The maximum atomic E-state index is 5.01. The Morgan fingerprint density at radius 2 is 1.52 bits per heavy atom. The van der Waals surface area contributed by atoms with Crippen molar-refractivity contribution in [3.63, 3.8) is 0 Å². The van der Waals surface area contributed by atoms with E-state index in [1.807, 2.05) is 19.9 Å². The lowest BCUT2D eigenvalue weighted by atomic mass is 9.75. The van der Waals surface area contributed by atoms with Crippen molar-refractivity contribution < 1.29 is 0 Å². The number of fused-ring (bicyclic) bond motifs is 2. The first-order chi connectivity index (χ1) is 13.1. The lowest BCUT2D eigenvalue weighted by Crippen LogP contribution is -2.26. The molecule has 4 aromatic rings. The number of halogens is 1. The molecule has 2 heterocycles. The zero-order valence-corrected chi connectivity index (χ0v) is 17.7. The SMILES string of the molecule is CC.CC1(C)c2ccccc2-n2c(-c3ccccc3)nc3cc(Br)cc1c32. The van der Waals surface area contributed by atoms with Gasteiger partial charge in [-0.3, -0.25) is 4.57 Å². The molecular weight excluding hydrogens is 396 g/mol. The molecule has 0 aliphatic carbocycles. The average Bonchev–Trinajstić information content (AvgIpc) is 3.08. The van der Waals surface area contributed by atoms with Crippen LogP contribution in [0, 0.1) is 0 Å². The van der Waals surface area contributed by atoms with E-state index >= 15 is 0 Å². The van der Waals surface area contributed by atoms with Gasteiger partial charge < -0.3 is 0 Å². The van der Waals surface area contributed by atoms with Crippen LogP contribution >= 0.6 is 15.9 Å². The summed E-state index contributed by atoms with van der Waals surface area (Å²) in [6, 6.07) is 23.5. The minimum absolute atomic E-state index is 0.0669. The Labute approximate surface area is 169 Å². The van der Waals surface area contributed by atoms with Gasteiger partial charge in [-0.2, -0.15) is 0 Å². The number of para-hydroxylation sites is 1. The minimum Gasteiger partial charge on any atom is -0.292 e. The number of aromatic nitrogens is 2. The molecule has 3 heteroatoms. The van der Waals surface area contributed by atoms with Crippen molar-refractivity contribution in [3.8, 4) is 17.1 Å². The second-order valence-electron chi connectivity index (χ2n) is 7.10. The first-order valence-corrected chi connectivity index (χ1v) is 10.2. The summed E-state index contributed by atoms with van der Waals surface area (Å²) in [5.41, 5.74) is 7.18. The van der Waals surface area contributed by atoms with Crippen molar-refractivity contribution in [1.82, 2.24) is 9.55 Å². The third kappa shape index (κ3) is 2.64. The Hall–Kier alpha value is -2.39. The lowest BCUT2D eigenvalue weighted by molar-refractivity contribution is 0.628. The summed E-state index contributed by atoms with van der Waals surface area (Å²) in [5, 5.41) is 0. The Bertz CT molecular complexity index is 1120. The molecule has 0 amide bonds. The van der Waals surface area contributed by atoms with Crippen LogP contribution in [0.25, 0.3) is 28.1 Å². The molecule has 3 aromatic carbocycles. The summed E-state index contributed by atoms with van der Waals surface area (Å²) in [7, 11) is 0. The molecule has 5 rings (SSSR count). The minimum atomic E-state index is -0.0669. The van der Waals surface area contributed by atoms with Gasteiger partial charge in [-0.15, -0.1) is 0 Å². The molecule has 2 nitrogen and oxygen atoms in total. The molecule has 0 N–H and O–H groups in total. The Kier molecular flexibility index (Phi) is 4.43. The monoisotopic (exact) mass is 418 g/mol. The van der Waals surface area contributed by atoms with Crippen LogP contribution < -0.4 is 0 Å².